The van der Waals surface area contributed by atoms with E-state index in [0.29, 0.717) is 41.4 Å². The predicted octanol–water partition coefficient (Wildman–Crippen LogP) is 3.65. The number of rotatable bonds is 8. The Morgan fingerprint density at radius 3 is 2.10 bits per heavy atom. The molecule has 1 heterocycles. The van der Waals surface area contributed by atoms with Gasteiger partial charge in [0.15, 0.2) is 21.3 Å². The van der Waals surface area contributed by atoms with Crippen molar-refractivity contribution in [2.24, 2.45) is 0 Å². The van der Waals surface area contributed by atoms with Crippen LogP contribution in [0.3, 0.4) is 0 Å². The minimum Gasteiger partial charge on any atom is -0.493 e. The Labute approximate surface area is 176 Å². The second-order valence-corrected chi connectivity index (χ2v) is 8.65. The average Bonchev–Trinajstić information content (AvgIpc) is 2.72. The number of ether oxygens (including phenoxy) is 4. The fraction of sp³-hybridized carbons (Fsp3) is 0.318. The molecular formula is C22H25NO6S. The summed E-state index contributed by atoms with van der Waals surface area (Å²) in [6, 6.07) is 7.30. The van der Waals surface area contributed by atoms with E-state index in [9.17, 15) is 8.42 Å². The number of fused-ring (bicyclic) bond motifs is 1. The number of sulfone groups is 1. The molecule has 0 saturated heterocycles. The van der Waals surface area contributed by atoms with E-state index in [0.717, 1.165) is 16.5 Å². The van der Waals surface area contributed by atoms with Crippen molar-refractivity contribution in [3.63, 3.8) is 0 Å². The van der Waals surface area contributed by atoms with Crippen molar-refractivity contribution in [2.75, 3.05) is 34.2 Å². The van der Waals surface area contributed by atoms with E-state index >= 15 is 0 Å². The highest BCUT2D eigenvalue weighted by Gasteiger charge is 2.21. The Kier molecular flexibility index (Phi) is 6.36. The van der Waals surface area contributed by atoms with Crippen molar-refractivity contribution >= 4 is 20.6 Å². The lowest BCUT2D eigenvalue weighted by Crippen LogP contribution is -2.05. The monoisotopic (exact) mass is 431 g/mol. The van der Waals surface area contributed by atoms with Gasteiger partial charge in [0.2, 0.25) is 5.75 Å². The minimum atomic E-state index is -3.52. The summed E-state index contributed by atoms with van der Waals surface area (Å²) in [6.07, 6.45) is 4.97. The van der Waals surface area contributed by atoms with Gasteiger partial charge in [-0.25, -0.2) is 8.42 Å². The molecule has 0 aliphatic heterocycles. The van der Waals surface area contributed by atoms with Crippen molar-refractivity contribution in [2.45, 2.75) is 18.2 Å². The molecule has 0 amide bonds. The third-order valence-electron chi connectivity index (χ3n) is 4.73. The first-order chi connectivity index (χ1) is 14.3. The normalized spacial score (nSPS) is 11.4. The highest BCUT2D eigenvalue weighted by molar-refractivity contribution is 7.91. The molecule has 0 fully saturated rings. The molecule has 0 bridgehead atoms. The first-order valence-electron chi connectivity index (χ1n) is 9.35. The molecule has 0 radical (unpaired) electrons. The van der Waals surface area contributed by atoms with Gasteiger partial charge >= 0.3 is 0 Å². The maximum Gasteiger partial charge on any atom is 0.203 e. The van der Waals surface area contributed by atoms with Crippen LogP contribution in [0.15, 0.2) is 41.6 Å². The Morgan fingerprint density at radius 1 is 0.900 bits per heavy atom. The molecular weight excluding hydrogens is 406 g/mol. The number of benzene rings is 2. The zero-order valence-corrected chi connectivity index (χ0v) is 18.5. The van der Waals surface area contributed by atoms with E-state index < -0.39 is 9.84 Å². The van der Waals surface area contributed by atoms with Crippen LogP contribution in [0.4, 0.5) is 0 Å². The molecule has 0 atom stereocenters. The van der Waals surface area contributed by atoms with Gasteiger partial charge in [-0.2, -0.15) is 0 Å². The summed E-state index contributed by atoms with van der Waals surface area (Å²) in [7, 11) is 1.16. The Hall–Kier alpha value is -3.00. The Bertz CT molecular complexity index is 1150. The maximum atomic E-state index is 12.5. The number of pyridine rings is 1. The smallest absolute Gasteiger partial charge is 0.203 e. The Morgan fingerprint density at radius 2 is 1.57 bits per heavy atom. The molecule has 7 nitrogen and oxygen atoms in total. The molecule has 3 rings (SSSR count). The van der Waals surface area contributed by atoms with E-state index in [1.165, 1.54) is 6.26 Å². The summed E-state index contributed by atoms with van der Waals surface area (Å²) in [5.74, 6) is 1.95. The summed E-state index contributed by atoms with van der Waals surface area (Å²) in [5.41, 5.74) is 1.78. The van der Waals surface area contributed by atoms with Crippen LogP contribution in [0.2, 0.25) is 0 Å². The third kappa shape index (κ3) is 4.14. The fourth-order valence-electron chi connectivity index (χ4n) is 3.51. The highest BCUT2D eigenvalue weighted by atomic mass is 32.2. The van der Waals surface area contributed by atoms with E-state index in [2.05, 4.69) is 4.98 Å². The lowest BCUT2D eigenvalue weighted by Gasteiger charge is -2.16. The van der Waals surface area contributed by atoms with Crippen LogP contribution in [0.25, 0.3) is 10.8 Å². The number of nitrogens with zero attached hydrogens (tertiary/aromatic N) is 1. The number of hydrogen-bond donors (Lipinski definition) is 0. The SMILES string of the molecule is CCOc1ccc2c(Cc3cc(OC)c(OC)c(OC)c3)cncc2c1S(C)(=O)=O. The lowest BCUT2D eigenvalue weighted by atomic mass is 10.00. The second kappa shape index (κ2) is 8.79. The van der Waals surface area contributed by atoms with Crippen LogP contribution in [-0.4, -0.2) is 47.6 Å². The van der Waals surface area contributed by atoms with Crippen molar-refractivity contribution in [3.05, 3.63) is 47.8 Å². The molecule has 30 heavy (non-hydrogen) atoms. The highest BCUT2D eigenvalue weighted by Crippen LogP contribution is 2.39. The van der Waals surface area contributed by atoms with Crippen LogP contribution in [-0.2, 0) is 16.3 Å². The van der Waals surface area contributed by atoms with Crippen LogP contribution < -0.4 is 18.9 Å². The van der Waals surface area contributed by atoms with Gasteiger partial charge in [-0.05, 0) is 48.1 Å². The third-order valence-corrected chi connectivity index (χ3v) is 5.89. The van der Waals surface area contributed by atoms with E-state index in [1.54, 1.807) is 39.8 Å². The summed E-state index contributed by atoms with van der Waals surface area (Å²) in [4.78, 5) is 4.45. The van der Waals surface area contributed by atoms with Gasteiger partial charge < -0.3 is 18.9 Å². The van der Waals surface area contributed by atoms with E-state index in [1.807, 2.05) is 25.1 Å². The second-order valence-electron chi connectivity index (χ2n) is 6.70. The summed E-state index contributed by atoms with van der Waals surface area (Å²) < 4.78 is 46.8. The largest absolute Gasteiger partial charge is 0.493 e. The van der Waals surface area contributed by atoms with Gasteiger partial charge in [-0.3, -0.25) is 4.98 Å². The first-order valence-corrected chi connectivity index (χ1v) is 11.2. The molecule has 0 N–H and O–H groups in total. The summed E-state index contributed by atoms with van der Waals surface area (Å²) in [5, 5.41) is 1.33. The molecule has 1 aromatic heterocycles. The van der Waals surface area contributed by atoms with Crippen LogP contribution >= 0.6 is 0 Å². The fourth-order valence-corrected chi connectivity index (χ4v) is 4.56. The zero-order valence-electron chi connectivity index (χ0n) is 17.7. The number of hydrogen-bond acceptors (Lipinski definition) is 7. The van der Waals surface area contributed by atoms with Crippen molar-refractivity contribution in [3.8, 4) is 23.0 Å². The van der Waals surface area contributed by atoms with Crippen molar-refractivity contribution in [1.82, 2.24) is 4.98 Å². The minimum absolute atomic E-state index is 0.154. The van der Waals surface area contributed by atoms with Crippen LogP contribution in [0.5, 0.6) is 23.0 Å². The van der Waals surface area contributed by atoms with Gasteiger partial charge in [0.1, 0.15) is 10.6 Å². The molecule has 160 valence electrons. The number of aromatic nitrogens is 1. The maximum absolute atomic E-state index is 12.5. The first kappa shape index (κ1) is 21.7. The standard InChI is InChI=1S/C22H25NO6S/c1-6-29-18-8-7-16-15(12-23-13-17(16)22(18)30(5,24)25)9-14-10-19(26-2)21(28-4)20(11-14)27-3/h7-8,10-13H,6,9H2,1-5H3. The van der Waals surface area contributed by atoms with Gasteiger partial charge in [0.05, 0.1) is 27.9 Å². The topological polar surface area (TPSA) is 83.9 Å². The average molecular weight is 432 g/mol. The van der Waals surface area contributed by atoms with Crippen LogP contribution in [0.1, 0.15) is 18.1 Å². The molecule has 0 aliphatic rings. The molecule has 3 aromatic rings. The van der Waals surface area contributed by atoms with Gasteiger partial charge in [-0.15, -0.1) is 0 Å². The molecule has 0 aliphatic carbocycles. The quantitative estimate of drug-likeness (QED) is 0.538. The van der Waals surface area contributed by atoms with Gasteiger partial charge in [0, 0.05) is 24.0 Å². The lowest BCUT2D eigenvalue weighted by molar-refractivity contribution is 0.324. The molecule has 0 unspecified atom stereocenters. The summed E-state index contributed by atoms with van der Waals surface area (Å²) in [6.45, 7) is 2.18. The molecule has 0 spiro atoms. The molecule has 0 saturated carbocycles. The number of methoxy groups -OCH3 is 3. The van der Waals surface area contributed by atoms with Crippen LogP contribution in [0, 0.1) is 0 Å². The van der Waals surface area contributed by atoms with E-state index in [4.69, 9.17) is 18.9 Å². The Balaban J connectivity index is 2.17. The van der Waals surface area contributed by atoms with Crippen molar-refractivity contribution < 1.29 is 27.4 Å². The molecule has 8 heteroatoms. The zero-order chi connectivity index (χ0) is 21.9. The van der Waals surface area contributed by atoms with Gasteiger partial charge in [-0.1, -0.05) is 6.07 Å². The van der Waals surface area contributed by atoms with E-state index in [-0.39, 0.29) is 4.90 Å². The summed E-state index contributed by atoms with van der Waals surface area (Å²) >= 11 is 0. The predicted molar refractivity (Wildman–Crippen MR) is 115 cm³/mol. The molecule has 2 aromatic carbocycles. The van der Waals surface area contributed by atoms with Crippen molar-refractivity contribution in [1.29, 1.82) is 0 Å². The van der Waals surface area contributed by atoms with Gasteiger partial charge in [0.25, 0.3) is 0 Å².